The molecule has 0 aliphatic heterocycles. The van der Waals surface area contributed by atoms with Gasteiger partial charge in [-0.25, -0.2) is 0 Å². The Kier molecular flexibility index (Phi) is 6.45. The summed E-state index contributed by atoms with van der Waals surface area (Å²) in [4.78, 5) is 0. The molecule has 0 saturated heterocycles. The second-order valence-corrected chi connectivity index (χ2v) is 6.48. The first kappa shape index (κ1) is 16.9. The Balaban J connectivity index is 0.000000347. The average molecular weight is 302 g/mol. The van der Waals surface area contributed by atoms with Crippen molar-refractivity contribution in [2.24, 2.45) is 0 Å². The van der Waals surface area contributed by atoms with Gasteiger partial charge in [0, 0.05) is 0 Å². The summed E-state index contributed by atoms with van der Waals surface area (Å²) in [5.41, 5.74) is 1.38. The molecule has 0 atom stereocenters. The van der Waals surface area contributed by atoms with Crippen LogP contribution >= 0.6 is 0 Å². The minimum absolute atomic E-state index is 0.0699. The predicted octanol–water partition coefficient (Wildman–Crippen LogP) is 2.22. The summed E-state index contributed by atoms with van der Waals surface area (Å²) < 4.78 is 31.0. The lowest BCUT2D eigenvalue weighted by molar-refractivity contribution is 0.122. The number of ether oxygens (including phenoxy) is 1. The van der Waals surface area contributed by atoms with Gasteiger partial charge in [0.05, 0.1) is 19.5 Å². The molecular weight excluding hydrogens is 280 g/mol. The summed E-state index contributed by atoms with van der Waals surface area (Å²) in [5.74, 6) is 1.54. The van der Waals surface area contributed by atoms with Crippen molar-refractivity contribution in [3.05, 3.63) is 29.8 Å². The predicted molar refractivity (Wildman–Crippen MR) is 77.7 cm³/mol. The van der Waals surface area contributed by atoms with Crippen LogP contribution in [0.4, 0.5) is 0 Å². The van der Waals surface area contributed by atoms with E-state index < -0.39 is 10.1 Å². The van der Waals surface area contributed by atoms with Gasteiger partial charge in [0.2, 0.25) is 0 Å². The molecule has 1 saturated carbocycles. The maximum Gasteiger partial charge on any atom is 0.261 e. The molecule has 114 valence electrons. The molecule has 0 amide bonds. The second kappa shape index (κ2) is 7.61. The van der Waals surface area contributed by atoms with Gasteiger partial charge >= 0.3 is 0 Å². The monoisotopic (exact) mass is 302 g/mol. The van der Waals surface area contributed by atoms with Crippen LogP contribution < -0.4 is 4.74 Å². The van der Waals surface area contributed by atoms with Gasteiger partial charge in [0.15, 0.2) is 0 Å². The zero-order valence-electron chi connectivity index (χ0n) is 11.8. The van der Waals surface area contributed by atoms with Crippen LogP contribution in [-0.2, 0) is 10.1 Å². The molecule has 0 unspecified atom stereocenters. The maximum absolute atomic E-state index is 9.44. The van der Waals surface area contributed by atoms with Crippen LogP contribution in [0.1, 0.15) is 37.2 Å². The standard InChI is InChI=1S/C13H18O2.CH4O3S/c1-15-13-8-4-11(5-9-13)10-2-6-12(14)7-3-10;1-5(2,3)4/h4-5,8-10,12,14H,2-3,6-7H2,1H3;1H3,(H,2,3,4). The zero-order valence-corrected chi connectivity index (χ0v) is 12.6. The highest BCUT2D eigenvalue weighted by molar-refractivity contribution is 7.85. The summed E-state index contributed by atoms with van der Waals surface area (Å²) in [6, 6.07) is 8.31. The van der Waals surface area contributed by atoms with Gasteiger partial charge in [0.1, 0.15) is 5.75 Å². The van der Waals surface area contributed by atoms with E-state index in [9.17, 15) is 13.5 Å². The normalized spacial score (nSPS) is 22.6. The minimum atomic E-state index is -3.67. The first-order chi connectivity index (χ1) is 9.29. The van der Waals surface area contributed by atoms with Crippen molar-refractivity contribution in [3.63, 3.8) is 0 Å². The van der Waals surface area contributed by atoms with E-state index in [2.05, 4.69) is 12.1 Å². The van der Waals surface area contributed by atoms with E-state index in [-0.39, 0.29) is 6.10 Å². The molecule has 2 rings (SSSR count). The van der Waals surface area contributed by atoms with Gasteiger partial charge in [-0.2, -0.15) is 8.42 Å². The SMILES string of the molecule is COc1ccc(C2CCC(O)CC2)cc1.CS(=O)(=O)O. The molecule has 0 radical (unpaired) electrons. The lowest BCUT2D eigenvalue weighted by Crippen LogP contribution is -2.16. The zero-order chi connectivity index (χ0) is 15.2. The smallest absolute Gasteiger partial charge is 0.261 e. The molecule has 5 nitrogen and oxygen atoms in total. The quantitative estimate of drug-likeness (QED) is 0.818. The summed E-state index contributed by atoms with van der Waals surface area (Å²) in [6.07, 6.45) is 4.74. The van der Waals surface area contributed by atoms with E-state index in [1.54, 1.807) is 7.11 Å². The summed E-state index contributed by atoms with van der Waals surface area (Å²) in [5, 5.41) is 9.44. The van der Waals surface area contributed by atoms with Crippen molar-refractivity contribution in [1.82, 2.24) is 0 Å². The number of rotatable bonds is 2. The van der Waals surface area contributed by atoms with Gasteiger partial charge in [-0.3, -0.25) is 4.55 Å². The molecule has 1 aliphatic carbocycles. The van der Waals surface area contributed by atoms with Crippen molar-refractivity contribution in [2.75, 3.05) is 13.4 Å². The largest absolute Gasteiger partial charge is 0.497 e. The van der Waals surface area contributed by atoms with Crippen LogP contribution in [0.15, 0.2) is 24.3 Å². The number of hydrogen-bond donors (Lipinski definition) is 2. The van der Waals surface area contributed by atoms with E-state index in [4.69, 9.17) is 9.29 Å². The molecule has 0 aromatic heterocycles. The van der Waals surface area contributed by atoms with Crippen LogP contribution in [0.2, 0.25) is 0 Å². The molecule has 20 heavy (non-hydrogen) atoms. The fourth-order valence-electron chi connectivity index (χ4n) is 2.29. The molecular formula is C14H22O5S. The van der Waals surface area contributed by atoms with E-state index >= 15 is 0 Å². The topological polar surface area (TPSA) is 83.8 Å². The second-order valence-electron chi connectivity index (χ2n) is 5.01. The van der Waals surface area contributed by atoms with Crippen LogP contribution in [0, 0.1) is 0 Å². The summed E-state index contributed by atoms with van der Waals surface area (Å²) in [6.45, 7) is 0. The van der Waals surface area contributed by atoms with Crippen LogP contribution in [0.3, 0.4) is 0 Å². The third-order valence-electron chi connectivity index (χ3n) is 3.28. The van der Waals surface area contributed by atoms with E-state index in [0.717, 1.165) is 31.4 Å². The fraction of sp³-hybridized carbons (Fsp3) is 0.571. The summed E-state index contributed by atoms with van der Waals surface area (Å²) >= 11 is 0. The van der Waals surface area contributed by atoms with Crippen molar-refractivity contribution < 1.29 is 22.8 Å². The number of aliphatic hydroxyl groups is 1. The molecule has 0 bridgehead atoms. The van der Waals surface area contributed by atoms with Crippen LogP contribution in [0.5, 0.6) is 5.75 Å². The maximum atomic E-state index is 9.44. The van der Waals surface area contributed by atoms with Gasteiger partial charge in [0.25, 0.3) is 10.1 Å². The Morgan fingerprint density at radius 1 is 1.10 bits per heavy atom. The lowest BCUT2D eigenvalue weighted by atomic mass is 9.83. The highest BCUT2D eigenvalue weighted by Gasteiger charge is 2.20. The van der Waals surface area contributed by atoms with Gasteiger partial charge in [-0.05, 0) is 49.3 Å². The number of aliphatic hydroxyl groups excluding tert-OH is 1. The van der Waals surface area contributed by atoms with Crippen molar-refractivity contribution in [3.8, 4) is 5.75 Å². The van der Waals surface area contributed by atoms with E-state index in [1.165, 1.54) is 5.56 Å². The molecule has 1 aliphatic rings. The van der Waals surface area contributed by atoms with Gasteiger partial charge in [-0.1, -0.05) is 12.1 Å². The Morgan fingerprint density at radius 2 is 1.55 bits per heavy atom. The van der Waals surface area contributed by atoms with E-state index in [1.807, 2.05) is 12.1 Å². The fourth-order valence-corrected chi connectivity index (χ4v) is 2.29. The number of hydrogen-bond acceptors (Lipinski definition) is 4. The first-order valence-corrected chi connectivity index (χ1v) is 8.39. The molecule has 0 spiro atoms. The molecule has 6 heteroatoms. The van der Waals surface area contributed by atoms with Crippen molar-refractivity contribution >= 4 is 10.1 Å². The lowest BCUT2D eigenvalue weighted by Gasteiger charge is -2.25. The molecule has 1 aromatic carbocycles. The van der Waals surface area contributed by atoms with Gasteiger partial charge < -0.3 is 9.84 Å². The molecule has 0 heterocycles. The molecule has 1 fully saturated rings. The first-order valence-electron chi connectivity index (χ1n) is 6.54. The van der Waals surface area contributed by atoms with Crippen LogP contribution in [0.25, 0.3) is 0 Å². The Bertz CT molecular complexity index is 479. The summed E-state index contributed by atoms with van der Waals surface area (Å²) in [7, 11) is -1.98. The number of benzene rings is 1. The number of methoxy groups -OCH3 is 1. The average Bonchev–Trinajstić information content (AvgIpc) is 2.38. The van der Waals surface area contributed by atoms with Crippen molar-refractivity contribution in [1.29, 1.82) is 0 Å². The Labute approximate surface area is 120 Å². The van der Waals surface area contributed by atoms with E-state index in [0.29, 0.717) is 12.2 Å². The highest BCUT2D eigenvalue weighted by atomic mass is 32.2. The Morgan fingerprint density at radius 3 is 1.95 bits per heavy atom. The Hall–Kier alpha value is -1.11. The third kappa shape index (κ3) is 6.88. The van der Waals surface area contributed by atoms with Crippen LogP contribution in [-0.4, -0.2) is 37.5 Å². The molecule has 2 N–H and O–H groups in total. The minimum Gasteiger partial charge on any atom is -0.497 e. The third-order valence-corrected chi connectivity index (χ3v) is 3.28. The van der Waals surface area contributed by atoms with Crippen molar-refractivity contribution in [2.45, 2.75) is 37.7 Å². The molecule has 1 aromatic rings. The van der Waals surface area contributed by atoms with Gasteiger partial charge in [-0.15, -0.1) is 0 Å². The highest BCUT2D eigenvalue weighted by Crippen LogP contribution is 2.33.